The Balaban J connectivity index is 1.97. The minimum atomic E-state index is -3.38. The average Bonchev–Trinajstić information content (AvgIpc) is 2.89. The lowest BCUT2D eigenvalue weighted by Crippen LogP contribution is -2.35. The van der Waals surface area contributed by atoms with E-state index < -0.39 is 15.9 Å². The third-order valence-corrected chi connectivity index (χ3v) is 4.20. The monoisotopic (exact) mass is 298 g/mol. The predicted molar refractivity (Wildman–Crippen MR) is 75.5 cm³/mol. The number of nitrogens with one attached hydrogen (secondary N) is 2. The molecule has 1 aromatic rings. The third-order valence-electron chi connectivity index (χ3n) is 3.05. The molecule has 1 saturated heterocycles. The van der Waals surface area contributed by atoms with Gasteiger partial charge in [-0.1, -0.05) is 12.1 Å². The van der Waals surface area contributed by atoms with E-state index in [9.17, 15) is 13.2 Å². The SMILES string of the molecule is CS(=O)(=O)c1ccccc1NC(=O)NCC1CCCO1. The second-order valence-electron chi connectivity index (χ2n) is 4.74. The summed E-state index contributed by atoms with van der Waals surface area (Å²) in [6.07, 6.45) is 3.09. The zero-order valence-corrected chi connectivity index (χ0v) is 12.1. The third kappa shape index (κ3) is 3.94. The van der Waals surface area contributed by atoms with Crippen LogP contribution in [0.5, 0.6) is 0 Å². The summed E-state index contributed by atoms with van der Waals surface area (Å²) >= 11 is 0. The summed E-state index contributed by atoms with van der Waals surface area (Å²) in [6, 6.07) is 5.88. The minimum absolute atomic E-state index is 0.0471. The maximum absolute atomic E-state index is 11.8. The van der Waals surface area contributed by atoms with Crippen LogP contribution in [0.25, 0.3) is 0 Å². The van der Waals surface area contributed by atoms with Crippen molar-refractivity contribution in [2.24, 2.45) is 0 Å². The van der Waals surface area contributed by atoms with Crippen LogP contribution in [0, 0.1) is 0 Å². The summed E-state index contributed by atoms with van der Waals surface area (Å²) in [6.45, 7) is 1.15. The Kier molecular flexibility index (Phi) is 4.61. The number of carbonyl (C=O) groups excluding carboxylic acids is 1. The first kappa shape index (κ1) is 14.8. The van der Waals surface area contributed by atoms with Crippen LogP contribution in [0.3, 0.4) is 0 Å². The molecular formula is C13H18N2O4S. The van der Waals surface area contributed by atoms with Crippen molar-refractivity contribution in [1.29, 1.82) is 0 Å². The standard InChI is InChI=1S/C13H18N2O4S/c1-20(17,18)12-7-3-2-6-11(12)15-13(16)14-9-10-5-4-8-19-10/h2-3,6-7,10H,4-5,8-9H2,1H3,(H2,14,15,16). The Labute approximate surface area is 118 Å². The van der Waals surface area contributed by atoms with Gasteiger partial charge in [0.05, 0.1) is 16.7 Å². The first-order valence-electron chi connectivity index (χ1n) is 6.42. The van der Waals surface area contributed by atoms with Crippen LogP contribution in [0.2, 0.25) is 0 Å². The van der Waals surface area contributed by atoms with Crippen LogP contribution in [-0.4, -0.2) is 40.0 Å². The van der Waals surface area contributed by atoms with Crippen molar-refractivity contribution in [2.75, 3.05) is 24.7 Å². The number of ether oxygens (including phenoxy) is 1. The molecule has 0 bridgehead atoms. The number of hydrogen-bond acceptors (Lipinski definition) is 4. The largest absolute Gasteiger partial charge is 0.376 e. The number of anilines is 1. The van der Waals surface area contributed by atoms with Crippen molar-refractivity contribution in [1.82, 2.24) is 5.32 Å². The number of carbonyl (C=O) groups is 1. The van der Waals surface area contributed by atoms with Gasteiger partial charge in [-0.2, -0.15) is 0 Å². The second-order valence-corrected chi connectivity index (χ2v) is 6.72. The van der Waals surface area contributed by atoms with Gasteiger partial charge in [0, 0.05) is 19.4 Å². The highest BCUT2D eigenvalue weighted by molar-refractivity contribution is 7.90. The molecule has 1 atom stereocenters. The number of sulfone groups is 1. The number of amides is 2. The van der Waals surface area contributed by atoms with E-state index in [2.05, 4.69) is 10.6 Å². The van der Waals surface area contributed by atoms with E-state index in [1.807, 2.05) is 0 Å². The molecule has 2 amide bonds. The topological polar surface area (TPSA) is 84.5 Å². The van der Waals surface area contributed by atoms with Crippen LogP contribution < -0.4 is 10.6 Å². The Hall–Kier alpha value is -1.60. The number of hydrogen-bond donors (Lipinski definition) is 2. The molecule has 1 aliphatic rings. The molecule has 0 aliphatic carbocycles. The van der Waals surface area contributed by atoms with Gasteiger partial charge in [0.25, 0.3) is 0 Å². The first-order valence-corrected chi connectivity index (χ1v) is 8.31. The highest BCUT2D eigenvalue weighted by Crippen LogP contribution is 2.20. The van der Waals surface area contributed by atoms with Gasteiger partial charge < -0.3 is 15.4 Å². The van der Waals surface area contributed by atoms with E-state index in [4.69, 9.17) is 4.74 Å². The lowest BCUT2D eigenvalue weighted by atomic mass is 10.2. The van der Waals surface area contributed by atoms with Gasteiger partial charge in [0.1, 0.15) is 0 Å². The molecule has 20 heavy (non-hydrogen) atoms. The zero-order valence-electron chi connectivity index (χ0n) is 11.3. The van der Waals surface area contributed by atoms with Gasteiger partial charge in [0.15, 0.2) is 9.84 Å². The smallest absolute Gasteiger partial charge is 0.319 e. The van der Waals surface area contributed by atoms with Crippen molar-refractivity contribution in [2.45, 2.75) is 23.8 Å². The maximum atomic E-state index is 11.8. The molecule has 0 aromatic heterocycles. The van der Waals surface area contributed by atoms with E-state index in [1.165, 1.54) is 6.07 Å². The number of para-hydroxylation sites is 1. The van der Waals surface area contributed by atoms with E-state index in [1.54, 1.807) is 18.2 Å². The quantitative estimate of drug-likeness (QED) is 0.879. The number of rotatable bonds is 4. The summed E-state index contributed by atoms with van der Waals surface area (Å²) in [5, 5.41) is 5.24. The number of urea groups is 1. The fourth-order valence-electron chi connectivity index (χ4n) is 2.07. The molecule has 1 aromatic carbocycles. The Morgan fingerprint density at radius 1 is 1.40 bits per heavy atom. The molecule has 1 heterocycles. The van der Waals surface area contributed by atoms with Crippen molar-refractivity contribution < 1.29 is 17.9 Å². The van der Waals surface area contributed by atoms with Crippen molar-refractivity contribution in [3.05, 3.63) is 24.3 Å². The van der Waals surface area contributed by atoms with Crippen LogP contribution in [-0.2, 0) is 14.6 Å². The normalized spacial score (nSPS) is 18.8. The van der Waals surface area contributed by atoms with E-state index >= 15 is 0 Å². The van der Waals surface area contributed by atoms with Gasteiger partial charge >= 0.3 is 6.03 Å². The summed E-state index contributed by atoms with van der Waals surface area (Å²) in [5.41, 5.74) is 0.278. The molecule has 1 unspecified atom stereocenters. The summed E-state index contributed by atoms with van der Waals surface area (Å²) < 4.78 is 28.6. The van der Waals surface area contributed by atoms with E-state index in [-0.39, 0.29) is 16.7 Å². The molecule has 0 spiro atoms. The molecule has 110 valence electrons. The van der Waals surface area contributed by atoms with Gasteiger partial charge in [-0.3, -0.25) is 0 Å². The fourth-order valence-corrected chi connectivity index (χ4v) is 2.92. The van der Waals surface area contributed by atoms with E-state index in [0.717, 1.165) is 25.7 Å². The molecule has 0 saturated carbocycles. The fraction of sp³-hybridized carbons (Fsp3) is 0.462. The molecule has 1 fully saturated rings. The minimum Gasteiger partial charge on any atom is -0.376 e. The van der Waals surface area contributed by atoms with Crippen molar-refractivity contribution in [3.63, 3.8) is 0 Å². The van der Waals surface area contributed by atoms with Crippen LogP contribution in [0.1, 0.15) is 12.8 Å². The molecular weight excluding hydrogens is 280 g/mol. The molecule has 2 rings (SSSR count). The molecule has 1 aliphatic heterocycles. The van der Waals surface area contributed by atoms with Gasteiger partial charge in [0.2, 0.25) is 0 Å². The van der Waals surface area contributed by atoms with E-state index in [0.29, 0.717) is 6.54 Å². The summed E-state index contributed by atoms with van der Waals surface area (Å²) in [5.74, 6) is 0. The molecule has 0 radical (unpaired) electrons. The second kappa shape index (κ2) is 6.23. The Morgan fingerprint density at radius 2 is 2.15 bits per heavy atom. The molecule has 2 N–H and O–H groups in total. The highest BCUT2D eigenvalue weighted by Gasteiger charge is 2.17. The van der Waals surface area contributed by atoms with Crippen molar-refractivity contribution >= 4 is 21.6 Å². The van der Waals surface area contributed by atoms with Crippen LogP contribution in [0.4, 0.5) is 10.5 Å². The van der Waals surface area contributed by atoms with Crippen molar-refractivity contribution in [3.8, 4) is 0 Å². The number of benzene rings is 1. The summed E-state index contributed by atoms with van der Waals surface area (Å²) in [4.78, 5) is 11.9. The van der Waals surface area contributed by atoms with Crippen LogP contribution >= 0.6 is 0 Å². The molecule has 7 heteroatoms. The lowest BCUT2D eigenvalue weighted by Gasteiger charge is -2.13. The molecule has 6 nitrogen and oxygen atoms in total. The van der Waals surface area contributed by atoms with Gasteiger partial charge in [-0.15, -0.1) is 0 Å². The maximum Gasteiger partial charge on any atom is 0.319 e. The van der Waals surface area contributed by atoms with Crippen LogP contribution in [0.15, 0.2) is 29.2 Å². The lowest BCUT2D eigenvalue weighted by molar-refractivity contribution is 0.112. The predicted octanol–water partition coefficient (Wildman–Crippen LogP) is 1.39. The Bertz CT molecular complexity index is 580. The first-order chi connectivity index (χ1) is 9.47. The van der Waals surface area contributed by atoms with Gasteiger partial charge in [-0.25, -0.2) is 13.2 Å². The average molecular weight is 298 g/mol. The zero-order chi connectivity index (χ0) is 14.6. The highest BCUT2D eigenvalue weighted by atomic mass is 32.2. The summed E-state index contributed by atoms with van der Waals surface area (Å²) in [7, 11) is -3.38. The Morgan fingerprint density at radius 3 is 2.80 bits per heavy atom. The van der Waals surface area contributed by atoms with Gasteiger partial charge in [-0.05, 0) is 25.0 Å².